The van der Waals surface area contributed by atoms with Crippen LogP contribution in [0.4, 0.5) is 0 Å². The zero-order valence-corrected chi connectivity index (χ0v) is 11.0. The van der Waals surface area contributed by atoms with Gasteiger partial charge in [0.1, 0.15) is 0 Å². The Balaban J connectivity index is 2.55. The van der Waals surface area contributed by atoms with Crippen LogP contribution < -0.4 is 4.74 Å². The zero-order valence-electron chi connectivity index (χ0n) is 11.0. The van der Waals surface area contributed by atoms with E-state index in [-0.39, 0.29) is 5.78 Å². The highest BCUT2D eigenvalue weighted by Crippen LogP contribution is 2.23. The van der Waals surface area contributed by atoms with Crippen LogP contribution in [0.5, 0.6) is 5.75 Å². The van der Waals surface area contributed by atoms with E-state index in [1.165, 1.54) is 7.11 Å². The van der Waals surface area contributed by atoms with E-state index < -0.39 is 0 Å². The van der Waals surface area contributed by atoms with Crippen molar-refractivity contribution in [2.45, 2.75) is 13.8 Å². The molecule has 0 aliphatic heterocycles. The number of methoxy groups -OCH3 is 1. The molecule has 18 heavy (non-hydrogen) atoms. The van der Waals surface area contributed by atoms with Gasteiger partial charge in [0.05, 0.1) is 13.3 Å². The molecule has 0 N–H and O–H groups in total. The summed E-state index contributed by atoms with van der Waals surface area (Å²) in [5.74, 6) is 0.441. The molecule has 0 amide bonds. The summed E-state index contributed by atoms with van der Waals surface area (Å²) in [6.07, 6.45) is 1.55. The van der Waals surface area contributed by atoms with Gasteiger partial charge < -0.3 is 4.74 Å². The van der Waals surface area contributed by atoms with Gasteiger partial charge in [-0.1, -0.05) is 18.2 Å². The molecule has 0 bridgehead atoms. The predicted molar refractivity (Wildman–Crippen MR) is 69.1 cm³/mol. The summed E-state index contributed by atoms with van der Waals surface area (Å²) in [4.78, 5) is 12.5. The largest absolute Gasteiger partial charge is 0.493 e. The van der Waals surface area contributed by atoms with E-state index in [9.17, 15) is 4.79 Å². The fourth-order valence-electron chi connectivity index (χ4n) is 1.95. The maximum absolute atomic E-state index is 12.5. The Hall–Kier alpha value is -2.10. The van der Waals surface area contributed by atoms with Crippen LogP contribution in [0.2, 0.25) is 0 Å². The van der Waals surface area contributed by atoms with Crippen molar-refractivity contribution in [1.29, 1.82) is 0 Å². The molecule has 0 spiro atoms. The van der Waals surface area contributed by atoms with Gasteiger partial charge in [-0.15, -0.1) is 0 Å². The summed E-state index contributed by atoms with van der Waals surface area (Å²) in [7, 11) is 3.28. The Bertz CT molecular complexity index is 600. The number of aromatic nitrogens is 2. The number of aryl methyl sites for hydroxylation is 2. The number of carbonyl (C=O) groups is 1. The lowest BCUT2D eigenvalue weighted by Gasteiger charge is -2.09. The van der Waals surface area contributed by atoms with E-state index in [0.29, 0.717) is 17.0 Å². The van der Waals surface area contributed by atoms with Crippen LogP contribution in [0.3, 0.4) is 0 Å². The molecular formula is C14H16N2O2. The standard InChI is InChI=1S/C14H16N2O2/c1-9-6-5-7-11(10(9)2)14(17)13-12(18-4)8-15-16(13)3/h5-8H,1-4H3. The summed E-state index contributed by atoms with van der Waals surface area (Å²) in [6.45, 7) is 3.94. The van der Waals surface area contributed by atoms with Crippen LogP contribution in [0.25, 0.3) is 0 Å². The Morgan fingerprint density at radius 2 is 2.06 bits per heavy atom. The molecule has 0 saturated heterocycles. The molecule has 4 nitrogen and oxygen atoms in total. The number of ether oxygens (including phenoxy) is 1. The first-order valence-electron chi connectivity index (χ1n) is 5.73. The van der Waals surface area contributed by atoms with Crippen molar-refractivity contribution in [1.82, 2.24) is 9.78 Å². The van der Waals surface area contributed by atoms with Crippen LogP contribution >= 0.6 is 0 Å². The molecule has 0 fully saturated rings. The molecule has 0 radical (unpaired) electrons. The fourth-order valence-corrected chi connectivity index (χ4v) is 1.95. The first-order valence-corrected chi connectivity index (χ1v) is 5.73. The quantitative estimate of drug-likeness (QED) is 0.778. The number of benzene rings is 1. The number of hydrogen-bond donors (Lipinski definition) is 0. The van der Waals surface area contributed by atoms with Gasteiger partial charge in [-0.3, -0.25) is 9.48 Å². The second kappa shape index (κ2) is 4.64. The van der Waals surface area contributed by atoms with Gasteiger partial charge in [0.25, 0.3) is 0 Å². The highest BCUT2D eigenvalue weighted by Gasteiger charge is 2.21. The van der Waals surface area contributed by atoms with Gasteiger partial charge in [-0.2, -0.15) is 5.10 Å². The van der Waals surface area contributed by atoms with Crippen molar-refractivity contribution in [3.05, 3.63) is 46.8 Å². The molecule has 94 valence electrons. The monoisotopic (exact) mass is 244 g/mol. The maximum atomic E-state index is 12.5. The molecule has 1 aromatic carbocycles. The lowest BCUT2D eigenvalue weighted by atomic mass is 9.98. The number of nitrogens with zero attached hydrogens (tertiary/aromatic N) is 2. The smallest absolute Gasteiger partial charge is 0.215 e. The molecule has 0 unspecified atom stereocenters. The van der Waals surface area contributed by atoms with E-state index in [4.69, 9.17) is 4.74 Å². The van der Waals surface area contributed by atoms with Crippen LogP contribution in [0.15, 0.2) is 24.4 Å². The van der Waals surface area contributed by atoms with Gasteiger partial charge in [-0.05, 0) is 25.0 Å². The lowest BCUT2D eigenvalue weighted by Crippen LogP contribution is -2.11. The number of hydrogen-bond acceptors (Lipinski definition) is 3. The molecule has 2 aromatic rings. The fraction of sp³-hybridized carbons (Fsp3) is 0.286. The third-order valence-electron chi connectivity index (χ3n) is 3.19. The average Bonchev–Trinajstić information content (AvgIpc) is 2.73. The Morgan fingerprint density at radius 3 is 2.72 bits per heavy atom. The Labute approximate surface area is 106 Å². The second-order valence-electron chi connectivity index (χ2n) is 4.26. The van der Waals surface area contributed by atoms with Crippen molar-refractivity contribution in [2.75, 3.05) is 7.11 Å². The van der Waals surface area contributed by atoms with Crippen molar-refractivity contribution >= 4 is 5.78 Å². The minimum atomic E-state index is -0.0620. The molecule has 0 saturated carbocycles. The summed E-state index contributed by atoms with van der Waals surface area (Å²) in [5, 5.41) is 4.06. The minimum Gasteiger partial charge on any atom is -0.493 e. The van der Waals surface area contributed by atoms with Gasteiger partial charge >= 0.3 is 0 Å². The second-order valence-corrected chi connectivity index (χ2v) is 4.26. The molecule has 2 rings (SSSR count). The topological polar surface area (TPSA) is 44.1 Å². The van der Waals surface area contributed by atoms with Gasteiger partial charge in [0.2, 0.25) is 5.78 Å². The number of carbonyl (C=O) groups excluding carboxylic acids is 1. The van der Waals surface area contributed by atoms with Crippen LogP contribution in [0, 0.1) is 13.8 Å². The molecule has 1 aromatic heterocycles. The highest BCUT2D eigenvalue weighted by atomic mass is 16.5. The molecular weight excluding hydrogens is 228 g/mol. The zero-order chi connectivity index (χ0) is 13.3. The van der Waals surface area contributed by atoms with Crippen molar-refractivity contribution in [3.63, 3.8) is 0 Å². The van der Waals surface area contributed by atoms with Gasteiger partial charge in [0.15, 0.2) is 11.4 Å². The first kappa shape index (κ1) is 12.4. The van der Waals surface area contributed by atoms with E-state index >= 15 is 0 Å². The molecule has 4 heteroatoms. The summed E-state index contributed by atoms with van der Waals surface area (Å²) in [6, 6.07) is 5.71. The first-order chi connectivity index (χ1) is 8.56. The van der Waals surface area contributed by atoms with Crippen molar-refractivity contribution in [3.8, 4) is 5.75 Å². The summed E-state index contributed by atoms with van der Waals surface area (Å²) >= 11 is 0. The summed E-state index contributed by atoms with van der Waals surface area (Å²) in [5.41, 5.74) is 3.26. The Morgan fingerprint density at radius 1 is 1.33 bits per heavy atom. The molecule has 1 heterocycles. The van der Waals surface area contributed by atoms with Crippen LogP contribution in [-0.2, 0) is 7.05 Å². The third kappa shape index (κ3) is 1.90. The summed E-state index contributed by atoms with van der Waals surface area (Å²) < 4.78 is 6.72. The van der Waals surface area contributed by atoms with Crippen LogP contribution in [0.1, 0.15) is 27.2 Å². The average molecular weight is 244 g/mol. The SMILES string of the molecule is COc1cnn(C)c1C(=O)c1cccc(C)c1C. The van der Waals surface area contributed by atoms with Crippen LogP contribution in [-0.4, -0.2) is 22.7 Å². The molecule has 0 aliphatic rings. The van der Waals surface area contributed by atoms with E-state index in [2.05, 4.69) is 5.10 Å². The van der Waals surface area contributed by atoms with E-state index in [0.717, 1.165) is 11.1 Å². The third-order valence-corrected chi connectivity index (χ3v) is 3.19. The van der Waals surface area contributed by atoms with Crippen molar-refractivity contribution < 1.29 is 9.53 Å². The lowest BCUT2D eigenvalue weighted by molar-refractivity contribution is 0.102. The minimum absolute atomic E-state index is 0.0620. The molecule has 0 atom stereocenters. The highest BCUT2D eigenvalue weighted by molar-refractivity contribution is 6.10. The molecule has 0 aliphatic carbocycles. The number of ketones is 1. The van der Waals surface area contributed by atoms with E-state index in [1.807, 2.05) is 32.0 Å². The van der Waals surface area contributed by atoms with Gasteiger partial charge in [0, 0.05) is 12.6 Å². The van der Waals surface area contributed by atoms with Gasteiger partial charge in [-0.25, -0.2) is 0 Å². The normalized spacial score (nSPS) is 10.4. The van der Waals surface area contributed by atoms with E-state index in [1.54, 1.807) is 17.9 Å². The predicted octanol–water partition coefficient (Wildman–Crippen LogP) is 2.28. The number of rotatable bonds is 3. The Kier molecular flexibility index (Phi) is 3.19. The maximum Gasteiger partial charge on any atom is 0.215 e. The van der Waals surface area contributed by atoms with Crippen molar-refractivity contribution in [2.24, 2.45) is 7.05 Å².